The molecule has 0 spiro atoms. The lowest BCUT2D eigenvalue weighted by molar-refractivity contribution is 0.331. The second-order valence-corrected chi connectivity index (χ2v) is 8.36. The van der Waals surface area contributed by atoms with Crippen LogP contribution in [0.2, 0.25) is 0 Å². The summed E-state index contributed by atoms with van der Waals surface area (Å²) >= 11 is 0. The molecule has 0 radical (unpaired) electrons. The molecule has 0 N–H and O–H groups in total. The molecule has 1 aliphatic heterocycles. The van der Waals surface area contributed by atoms with Gasteiger partial charge < -0.3 is 4.90 Å². The van der Waals surface area contributed by atoms with Gasteiger partial charge in [-0.3, -0.25) is 4.79 Å². The quantitative estimate of drug-likeness (QED) is 0.834. The monoisotopic (exact) mass is 365 g/mol. The number of hydrogen-bond donors (Lipinski definition) is 0. The average molecular weight is 365 g/mol. The van der Waals surface area contributed by atoms with Gasteiger partial charge in [0.2, 0.25) is 0 Å². The number of anilines is 1. The molecule has 142 valence electrons. The van der Waals surface area contributed by atoms with Crippen LogP contribution in [0, 0.1) is 5.92 Å². The molecule has 3 aliphatic rings. The predicted octanol–water partition coefficient (Wildman–Crippen LogP) is 2.71. The van der Waals surface area contributed by atoms with E-state index in [0.717, 1.165) is 62.5 Å². The van der Waals surface area contributed by atoms with E-state index in [-0.39, 0.29) is 5.56 Å². The van der Waals surface area contributed by atoms with Crippen molar-refractivity contribution >= 4 is 5.82 Å². The Labute approximate surface area is 159 Å². The molecule has 6 heteroatoms. The van der Waals surface area contributed by atoms with Crippen LogP contribution in [-0.2, 0) is 19.4 Å². The number of fused-ring (bicyclic) bond motifs is 1. The summed E-state index contributed by atoms with van der Waals surface area (Å²) in [5, 5.41) is 13.5. The molecule has 0 unspecified atom stereocenters. The first kappa shape index (κ1) is 16.9. The fourth-order valence-electron chi connectivity index (χ4n) is 4.42. The molecule has 1 saturated carbocycles. The van der Waals surface area contributed by atoms with Gasteiger partial charge in [-0.15, -0.1) is 5.10 Å². The van der Waals surface area contributed by atoms with Gasteiger partial charge in [0.1, 0.15) is 0 Å². The van der Waals surface area contributed by atoms with Crippen molar-refractivity contribution in [3.8, 4) is 0 Å². The molecule has 3 heterocycles. The zero-order valence-corrected chi connectivity index (χ0v) is 15.8. The minimum absolute atomic E-state index is 0.0691. The summed E-state index contributed by atoms with van der Waals surface area (Å²) in [7, 11) is 0. The molecule has 0 aromatic carbocycles. The number of aromatic nitrogens is 4. The summed E-state index contributed by atoms with van der Waals surface area (Å²) in [6.45, 7) is 2.69. The molecular formula is C21H27N5O. The first-order chi connectivity index (χ1) is 13.3. The van der Waals surface area contributed by atoms with Crippen LogP contribution in [0.1, 0.15) is 61.4 Å². The molecule has 0 amide bonds. The van der Waals surface area contributed by atoms with Gasteiger partial charge in [0.25, 0.3) is 5.56 Å². The highest BCUT2D eigenvalue weighted by atomic mass is 16.1. The van der Waals surface area contributed by atoms with Crippen LogP contribution in [-0.4, -0.2) is 33.1 Å². The number of nitrogens with zero attached hydrogens (tertiary/aromatic N) is 5. The summed E-state index contributed by atoms with van der Waals surface area (Å²) < 4.78 is 1.72. The zero-order chi connectivity index (χ0) is 18.2. The van der Waals surface area contributed by atoms with Crippen molar-refractivity contribution in [1.82, 2.24) is 20.0 Å². The van der Waals surface area contributed by atoms with E-state index in [4.69, 9.17) is 0 Å². The fraction of sp³-hybridized carbons (Fsp3) is 0.619. The van der Waals surface area contributed by atoms with Crippen LogP contribution in [0.25, 0.3) is 0 Å². The van der Waals surface area contributed by atoms with Gasteiger partial charge in [-0.05, 0) is 75.0 Å². The average Bonchev–Trinajstić information content (AvgIpc) is 3.55. The first-order valence-electron chi connectivity index (χ1n) is 10.4. The van der Waals surface area contributed by atoms with E-state index in [1.54, 1.807) is 4.68 Å². The minimum atomic E-state index is 0.0691. The van der Waals surface area contributed by atoms with Crippen molar-refractivity contribution in [2.75, 3.05) is 18.0 Å². The molecule has 2 aromatic heterocycles. The number of piperidine rings is 1. The summed E-state index contributed by atoms with van der Waals surface area (Å²) in [6, 6.07) is 6.09. The second kappa shape index (κ2) is 7.06. The lowest BCUT2D eigenvalue weighted by atomic mass is 9.96. The van der Waals surface area contributed by atoms with Gasteiger partial charge in [0.05, 0.1) is 11.4 Å². The van der Waals surface area contributed by atoms with Crippen molar-refractivity contribution in [3.05, 3.63) is 45.5 Å². The van der Waals surface area contributed by atoms with Crippen molar-refractivity contribution in [2.24, 2.45) is 5.92 Å². The molecule has 0 atom stereocenters. The Kier molecular flexibility index (Phi) is 4.42. The second-order valence-electron chi connectivity index (χ2n) is 8.36. The Balaban J connectivity index is 1.21. The highest BCUT2D eigenvalue weighted by Gasteiger charge is 2.26. The Morgan fingerprint density at radius 3 is 2.56 bits per heavy atom. The van der Waals surface area contributed by atoms with Gasteiger partial charge in [0.15, 0.2) is 5.82 Å². The summed E-state index contributed by atoms with van der Waals surface area (Å²) in [6.07, 6.45) is 9.05. The van der Waals surface area contributed by atoms with Gasteiger partial charge in [-0.1, -0.05) is 0 Å². The van der Waals surface area contributed by atoms with Crippen molar-refractivity contribution < 1.29 is 0 Å². The zero-order valence-electron chi connectivity index (χ0n) is 15.8. The number of aryl methyl sites for hydroxylation is 2. The van der Waals surface area contributed by atoms with E-state index >= 15 is 0 Å². The Bertz CT molecular complexity index is 863. The van der Waals surface area contributed by atoms with E-state index in [1.165, 1.54) is 31.2 Å². The smallest absolute Gasteiger partial charge is 0.267 e. The highest BCUT2D eigenvalue weighted by molar-refractivity contribution is 5.38. The maximum Gasteiger partial charge on any atom is 0.267 e. The molecule has 2 fully saturated rings. The van der Waals surface area contributed by atoms with Crippen molar-refractivity contribution in [2.45, 2.75) is 63.8 Å². The largest absolute Gasteiger partial charge is 0.355 e. The molecule has 6 nitrogen and oxygen atoms in total. The normalized spacial score (nSPS) is 20.5. The van der Waals surface area contributed by atoms with Crippen LogP contribution < -0.4 is 10.5 Å². The molecule has 1 saturated heterocycles. The maximum atomic E-state index is 12.4. The Morgan fingerprint density at radius 2 is 1.81 bits per heavy atom. The molecular weight excluding hydrogens is 338 g/mol. The molecule has 2 aromatic rings. The topological polar surface area (TPSA) is 63.9 Å². The van der Waals surface area contributed by atoms with Crippen LogP contribution in [0.4, 0.5) is 5.82 Å². The van der Waals surface area contributed by atoms with Crippen molar-refractivity contribution in [3.63, 3.8) is 0 Å². The van der Waals surface area contributed by atoms with Crippen LogP contribution in [0.5, 0.6) is 0 Å². The minimum Gasteiger partial charge on any atom is -0.355 e. The maximum absolute atomic E-state index is 12.4. The SMILES string of the molecule is O=c1cc2c(nn1CC1CCN(c3ccc(C4CC4)nn3)CC1)CCCC2. The van der Waals surface area contributed by atoms with Gasteiger partial charge >= 0.3 is 0 Å². The number of rotatable bonds is 4. The van der Waals surface area contributed by atoms with E-state index in [2.05, 4.69) is 32.3 Å². The molecule has 2 aliphatic carbocycles. The van der Waals surface area contributed by atoms with Crippen molar-refractivity contribution in [1.29, 1.82) is 0 Å². The first-order valence-corrected chi connectivity index (χ1v) is 10.4. The highest BCUT2D eigenvalue weighted by Crippen LogP contribution is 2.38. The molecule has 5 rings (SSSR count). The summed E-state index contributed by atoms with van der Waals surface area (Å²) in [4.78, 5) is 14.7. The third-order valence-electron chi connectivity index (χ3n) is 6.31. The van der Waals surface area contributed by atoms with Gasteiger partial charge in [0, 0.05) is 31.6 Å². The molecule has 27 heavy (non-hydrogen) atoms. The lowest BCUT2D eigenvalue weighted by Crippen LogP contribution is -2.37. The summed E-state index contributed by atoms with van der Waals surface area (Å²) in [5.74, 6) is 2.15. The standard InChI is InChI=1S/C21H27N5O/c27-21-13-17-3-1-2-4-19(17)24-26(21)14-15-9-11-25(12-10-15)20-8-7-18(22-23-20)16-5-6-16/h7-8,13,15-16H,1-6,9-12,14H2. The van der Waals surface area contributed by atoms with E-state index in [1.807, 2.05) is 6.07 Å². The fourth-order valence-corrected chi connectivity index (χ4v) is 4.42. The third kappa shape index (κ3) is 3.62. The Hall–Kier alpha value is -2.24. The third-order valence-corrected chi connectivity index (χ3v) is 6.31. The summed E-state index contributed by atoms with van der Waals surface area (Å²) in [5.41, 5.74) is 3.53. The van der Waals surface area contributed by atoms with Crippen LogP contribution in [0.3, 0.4) is 0 Å². The van der Waals surface area contributed by atoms with E-state index in [9.17, 15) is 4.79 Å². The Morgan fingerprint density at radius 1 is 1.00 bits per heavy atom. The molecule has 0 bridgehead atoms. The van der Waals surface area contributed by atoms with E-state index in [0.29, 0.717) is 11.8 Å². The van der Waals surface area contributed by atoms with Gasteiger partial charge in [-0.2, -0.15) is 10.2 Å². The predicted molar refractivity (Wildman–Crippen MR) is 104 cm³/mol. The lowest BCUT2D eigenvalue weighted by Gasteiger charge is -2.32. The van der Waals surface area contributed by atoms with E-state index < -0.39 is 0 Å². The van der Waals surface area contributed by atoms with Crippen LogP contribution in [0.15, 0.2) is 23.0 Å². The number of hydrogen-bond acceptors (Lipinski definition) is 5. The van der Waals surface area contributed by atoms with Gasteiger partial charge in [-0.25, -0.2) is 4.68 Å². The van der Waals surface area contributed by atoms with Crippen LogP contribution >= 0.6 is 0 Å².